The first-order valence-electron chi connectivity index (χ1n) is 11.3. The number of nitrogens with zero attached hydrogens (tertiary/aromatic N) is 4. The Kier molecular flexibility index (Phi) is 6.81. The maximum Gasteiger partial charge on any atom is 0.261 e. The Bertz CT molecular complexity index is 1060. The van der Waals surface area contributed by atoms with Gasteiger partial charge in [-0.15, -0.1) is 0 Å². The van der Waals surface area contributed by atoms with E-state index in [9.17, 15) is 4.79 Å². The van der Waals surface area contributed by atoms with E-state index in [1.165, 1.54) is 0 Å². The van der Waals surface area contributed by atoms with Gasteiger partial charge in [-0.3, -0.25) is 4.79 Å². The minimum absolute atomic E-state index is 0.0857. The highest BCUT2D eigenvalue weighted by atomic mass is 16.5. The molecule has 0 atom stereocenters. The van der Waals surface area contributed by atoms with Crippen LogP contribution in [0.15, 0.2) is 60.8 Å². The quantitative estimate of drug-likeness (QED) is 0.560. The number of ether oxygens (including phenoxy) is 1. The average Bonchev–Trinajstić information content (AvgIpc) is 2.84. The zero-order valence-electron chi connectivity index (χ0n) is 19.0. The van der Waals surface area contributed by atoms with Gasteiger partial charge >= 0.3 is 0 Å². The van der Waals surface area contributed by atoms with Crippen LogP contribution in [0.5, 0.6) is 11.6 Å². The van der Waals surface area contributed by atoms with Gasteiger partial charge in [0.25, 0.3) is 5.91 Å². The van der Waals surface area contributed by atoms with Crippen LogP contribution in [0.2, 0.25) is 0 Å². The molecule has 0 saturated carbocycles. The molecule has 4 rings (SSSR count). The van der Waals surface area contributed by atoms with Gasteiger partial charge in [0, 0.05) is 37.9 Å². The second-order valence-corrected chi connectivity index (χ2v) is 8.30. The van der Waals surface area contributed by atoms with Crippen LogP contribution in [0, 0.1) is 0 Å². The number of hydrogen-bond acceptors (Lipinski definition) is 5. The lowest BCUT2D eigenvalue weighted by Crippen LogP contribution is -2.48. The summed E-state index contributed by atoms with van der Waals surface area (Å²) in [4.78, 5) is 26.8. The molecule has 0 unspecified atom stereocenters. The maximum atomic E-state index is 13.4. The largest absolute Gasteiger partial charge is 0.438 e. The molecule has 0 bridgehead atoms. The van der Waals surface area contributed by atoms with Crippen molar-refractivity contribution >= 4 is 5.91 Å². The molecule has 1 aliphatic rings. The van der Waals surface area contributed by atoms with Gasteiger partial charge in [-0.25, -0.2) is 4.98 Å². The molecule has 0 aliphatic carbocycles. The second-order valence-electron chi connectivity index (χ2n) is 8.30. The van der Waals surface area contributed by atoms with Crippen molar-refractivity contribution in [3.8, 4) is 23.0 Å². The van der Waals surface area contributed by atoms with E-state index in [1.807, 2.05) is 59.5 Å². The Balaban J connectivity index is 1.71. The Morgan fingerprint density at radius 3 is 2.38 bits per heavy atom. The third-order valence-corrected chi connectivity index (χ3v) is 5.87. The number of carbonyl (C=O) groups excluding carboxylic acids is 1. The molecule has 166 valence electrons. The highest BCUT2D eigenvalue weighted by molar-refractivity contribution is 5.96. The third-order valence-electron chi connectivity index (χ3n) is 5.87. The van der Waals surface area contributed by atoms with Crippen molar-refractivity contribution in [2.75, 3.05) is 32.7 Å². The van der Waals surface area contributed by atoms with E-state index in [1.54, 1.807) is 6.20 Å². The molecule has 1 saturated heterocycles. The Morgan fingerprint density at radius 1 is 1.00 bits per heavy atom. The summed E-state index contributed by atoms with van der Waals surface area (Å²) in [6, 6.07) is 17.6. The minimum atomic E-state index is -0.0857. The second kappa shape index (κ2) is 9.92. The first-order valence-corrected chi connectivity index (χ1v) is 11.3. The molecule has 0 radical (unpaired) electrons. The summed E-state index contributed by atoms with van der Waals surface area (Å²) < 4.78 is 6.31. The van der Waals surface area contributed by atoms with E-state index in [4.69, 9.17) is 9.72 Å². The number of para-hydroxylation sites is 1. The lowest BCUT2D eigenvalue weighted by molar-refractivity contribution is 0.0639. The van der Waals surface area contributed by atoms with Crippen LogP contribution in [0.4, 0.5) is 0 Å². The molecule has 32 heavy (non-hydrogen) atoms. The zero-order valence-corrected chi connectivity index (χ0v) is 19.0. The minimum Gasteiger partial charge on any atom is -0.438 e. The lowest BCUT2D eigenvalue weighted by Gasteiger charge is -2.34. The summed E-state index contributed by atoms with van der Waals surface area (Å²) in [6.45, 7) is 10.5. The molecule has 6 heteroatoms. The standard InChI is InChI=1S/C26H30N4O2/c1-4-29-14-16-30(17-15-29)26(31)22-18-27-24(20-10-6-5-7-11-20)28-25(22)32-23-13-9-8-12-21(23)19(2)3/h5-13,18-19H,4,14-17H2,1-3H3. The number of benzene rings is 2. The molecule has 2 aromatic carbocycles. The van der Waals surface area contributed by atoms with Crippen molar-refractivity contribution in [3.63, 3.8) is 0 Å². The van der Waals surface area contributed by atoms with Crippen molar-refractivity contribution in [2.24, 2.45) is 0 Å². The van der Waals surface area contributed by atoms with Gasteiger partial charge in [0.05, 0.1) is 0 Å². The number of amides is 1. The molecule has 3 aromatic rings. The van der Waals surface area contributed by atoms with Gasteiger partial charge in [0.2, 0.25) is 5.88 Å². The van der Waals surface area contributed by atoms with Crippen LogP contribution in [0.25, 0.3) is 11.4 Å². The van der Waals surface area contributed by atoms with Crippen LogP contribution in [-0.4, -0.2) is 58.4 Å². The van der Waals surface area contributed by atoms with Crippen molar-refractivity contribution in [1.82, 2.24) is 19.8 Å². The maximum absolute atomic E-state index is 13.4. The number of carbonyl (C=O) groups is 1. The van der Waals surface area contributed by atoms with Crippen molar-refractivity contribution in [2.45, 2.75) is 26.7 Å². The van der Waals surface area contributed by atoms with Gasteiger partial charge in [0.1, 0.15) is 11.3 Å². The van der Waals surface area contributed by atoms with E-state index in [-0.39, 0.29) is 11.8 Å². The molecular formula is C26H30N4O2. The average molecular weight is 431 g/mol. The molecule has 1 amide bonds. The topological polar surface area (TPSA) is 58.6 Å². The Hall–Kier alpha value is -3.25. The number of likely N-dealkylation sites (N-methyl/N-ethyl adjacent to an activating group) is 1. The van der Waals surface area contributed by atoms with Crippen molar-refractivity contribution in [1.29, 1.82) is 0 Å². The fourth-order valence-electron chi connectivity index (χ4n) is 3.91. The number of piperazine rings is 1. The van der Waals surface area contributed by atoms with Crippen LogP contribution in [-0.2, 0) is 0 Å². The van der Waals surface area contributed by atoms with Gasteiger partial charge < -0.3 is 14.5 Å². The monoisotopic (exact) mass is 430 g/mol. The molecule has 1 aliphatic heterocycles. The Morgan fingerprint density at radius 2 is 1.69 bits per heavy atom. The summed E-state index contributed by atoms with van der Waals surface area (Å²) in [7, 11) is 0. The SMILES string of the molecule is CCN1CCN(C(=O)c2cnc(-c3ccccc3)nc2Oc2ccccc2C(C)C)CC1. The third kappa shape index (κ3) is 4.81. The van der Waals surface area contributed by atoms with Crippen LogP contribution in [0.1, 0.15) is 42.6 Å². The summed E-state index contributed by atoms with van der Waals surface area (Å²) >= 11 is 0. The summed E-state index contributed by atoms with van der Waals surface area (Å²) in [5, 5.41) is 0. The smallest absolute Gasteiger partial charge is 0.261 e. The van der Waals surface area contributed by atoms with Gasteiger partial charge in [-0.05, 0) is 24.1 Å². The number of hydrogen-bond donors (Lipinski definition) is 0. The van der Waals surface area contributed by atoms with Gasteiger partial charge in [-0.2, -0.15) is 4.98 Å². The highest BCUT2D eigenvalue weighted by Gasteiger charge is 2.26. The van der Waals surface area contributed by atoms with E-state index >= 15 is 0 Å². The first-order chi connectivity index (χ1) is 15.6. The van der Waals surface area contributed by atoms with Gasteiger partial charge in [0.15, 0.2) is 5.82 Å². The van der Waals surface area contributed by atoms with E-state index in [0.717, 1.165) is 30.8 Å². The Labute approximate surface area is 189 Å². The lowest BCUT2D eigenvalue weighted by atomic mass is 10.0. The summed E-state index contributed by atoms with van der Waals surface area (Å²) in [6.07, 6.45) is 1.61. The molecule has 1 fully saturated rings. The number of aromatic nitrogens is 2. The first kappa shape index (κ1) is 22.0. The van der Waals surface area contributed by atoms with Crippen molar-refractivity contribution < 1.29 is 9.53 Å². The van der Waals surface area contributed by atoms with Gasteiger partial charge in [-0.1, -0.05) is 69.3 Å². The fourth-order valence-corrected chi connectivity index (χ4v) is 3.91. The van der Waals surface area contributed by atoms with E-state index in [0.29, 0.717) is 36.1 Å². The molecule has 6 nitrogen and oxygen atoms in total. The summed E-state index contributed by atoms with van der Waals surface area (Å²) in [5.74, 6) is 1.75. The molecule has 1 aromatic heterocycles. The molecule has 0 spiro atoms. The number of rotatable bonds is 6. The predicted octanol–water partition coefficient (Wildman–Crippen LogP) is 4.84. The van der Waals surface area contributed by atoms with Crippen LogP contribution in [0.3, 0.4) is 0 Å². The zero-order chi connectivity index (χ0) is 22.5. The van der Waals surface area contributed by atoms with Crippen LogP contribution >= 0.6 is 0 Å². The molecule has 0 N–H and O–H groups in total. The fraction of sp³-hybridized carbons (Fsp3) is 0.346. The highest BCUT2D eigenvalue weighted by Crippen LogP contribution is 2.32. The predicted molar refractivity (Wildman–Crippen MR) is 126 cm³/mol. The van der Waals surface area contributed by atoms with E-state index in [2.05, 4.69) is 30.7 Å². The molecule has 2 heterocycles. The van der Waals surface area contributed by atoms with Crippen LogP contribution < -0.4 is 4.74 Å². The molecular weight excluding hydrogens is 400 g/mol. The van der Waals surface area contributed by atoms with E-state index < -0.39 is 0 Å². The summed E-state index contributed by atoms with van der Waals surface area (Å²) in [5.41, 5.74) is 2.35. The normalized spacial score (nSPS) is 14.6. The van der Waals surface area contributed by atoms with Crippen molar-refractivity contribution in [3.05, 3.63) is 71.9 Å².